The number of hydrogen-bond acceptors (Lipinski definition) is 20. The van der Waals surface area contributed by atoms with Crippen LogP contribution in [0.15, 0.2) is 12.2 Å². The van der Waals surface area contributed by atoms with Crippen LogP contribution in [-0.2, 0) is 47.7 Å². The normalized spacial score (nSPS) is 56.3. The van der Waals surface area contributed by atoms with E-state index in [1.54, 1.807) is 0 Å². The van der Waals surface area contributed by atoms with E-state index in [9.17, 15) is 64.0 Å². The quantitative estimate of drug-likeness (QED) is 0.0701. The zero-order chi connectivity index (χ0) is 51.1. The third kappa shape index (κ3) is 7.98. The second-order valence-corrected chi connectivity index (χ2v) is 25.3. The molecule has 5 aliphatic carbocycles. The maximum atomic E-state index is 12.3. The van der Waals surface area contributed by atoms with Gasteiger partial charge in [0.25, 0.3) is 0 Å². The van der Waals surface area contributed by atoms with Crippen molar-refractivity contribution in [1.29, 1.82) is 0 Å². The van der Waals surface area contributed by atoms with Gasteiger partial charge in [-0.1, -0.05) is 53.7 Å². The van der Waals surface area contributed by atoms with Gasteiger partial charge in [-0.15, -0.1) is 0 Å². The van der Waals surface area contributed by atoms with Gasteiger partial charge < -0.3 is 84.2 Å². The van der Waals surface area contributed by atoms with E-state index in [1.807, 2.05) is 6.92 Å². The highest BCUT2D eigenvalue weighted by atomic mass is 32.3. The average molecular weight is 1020 g/mol. The minimum atomic E-state index is -5.23. The molecule has 2 bridgehead atoms. The highest BCUT2D eigenvalue weighted by Gasteiger charge is 2.79. The molecule has 26 atom stereocenters. The van der Waals surface area contributed by atoms with Crippen LogP contribution in [0.1, 0.15) is 99.8 Å². The number of aliphatic hydroxyl groups is 10. The summed E-state index contributed by atoms with van der Waals surface area (Å²) >= 11 is 0. The molecule has 4 saturated heterocycles. The van der Waals surface area contributed by atoms with E-state index >= 15 is 0 Å². The lowest BCUT2D eigenvalue weighted by molar-refractivity contribution is -0.397. The lowest BCUT2D eigenvalue weighted by Crippen LogP contribution is -2.72. The summed E-state index contributed by atoms with van der Waals surface area (Å²) in [6.07, 6.45) is -17.1. The van der Waals surface area contributed by atoms with E-state index < -0.39 is 144 Å². The van der Waals surface area contributed by atoms with Crippen molar-refractivity contribution in [1.82, 2.24) is 0 Å². The fourth-order valence-corrected chi connectivity index (χ4v) is 16.5. The second-order valence-electron chi connectivity index (χ2n) is 24.3. The van der Waals surface area contributed by atoms with Gasteiger partial charge >= 0.3 is 10.4 Å². The molecule has 21 nitrogen and oxygen atoms in total. The summed E-state index contributed by atoms with van der Waals surface area (Å²) in [5.41, 5.74) is -2.79. The standard InChI is InChI=1S/C48H78O21S/c1-22-30(53)37(67-40-35(58)33(56)36(24(19-50)65-40)69-70(59,60)61)38(68-39-34(57)32(55)31(54)23(18-49)64-39)41(63-22)66-29-10-11-43(4)25(44(29,5)20-51)8-12-45(6)26(43)9-13-48-27-16-42(2,3)14-15-47(27,21-62-48)28(52)17-46(45,48)7/h9,13,22-41,49-58H,8,10-12,14-21H2,1-7H3,(H,59,60,61)/t22-,23-,24-,25-,26-,27-,28+,29+,30+,31-,32+,33-,34-,35-,36-,37+,38-,39+,40+,41+,43+,44+,45-,46+,47-,48+/m1/s1. The van der Waals surface area contributed by atoms with Crippen molar-refractivity contribution in [3.8, 4) is 0 Å². The Kier molecular flexibility index (Phi) is 14.1. The highest BCUT2D eigenvalue weighted by molar-refractivity contribution is 7.80. The molecule has 4 saturated carbocycles. The molecule has 9 rings (SSSR count). The Hall–Kier alpha value is -1.07. The Labute approximate surface area is 409 Å². The van der Waals surface area contributed by atoms with Gasteiger partial charge in [-0.3, -0.25) is 4.55 Å². The molecule has 22 heteroatoms. The third-order valence-electron chi connectivity index (χ3n) is 20.2. The van der Waals surface area contributed by atoms with Gasteiger partial charge in [-0.2, -0.15) is 8.42 Å². The van der Waals surface area contributed by atoms with Crippen LogP contribution < -0.4 is 0 Å². The highest BCUT2D eigenvalue weighted by Crippen LogP contribution is 2.79. The molecule has 1 spiro atoms. The zero-order valence-electron chi connectivity index (χ0n) is 41.1. The number of fused-ring (bicyclic) bond motifs is 4. The van der Waals surface area contributed by atoms with Crippen LogP contribution in [0, 0.1) is 50.2 Å². The minimum Gasteiger partial charge on any atom is -0.396 e. The van der Waals surface area contributed by atoms with Gasteiger partial charge in [0.1, 0.15) is 67.1 Å². The molecule has 0 aromatic rings. The predicted octanol–water partition coefficient (Wildman–Crippen LogP) is -0.572. The van der Waals surface area contributed by atoms with Crippen LogP contribution in [0.4, 0.5) is 0 Å². The van der Waals surface area contributed by atoms with Crippen LogP contribution in [0.3, 0.4) is 0 Å². The van der Waals surface area contributed by atoms with Gasteiger partial charge in [0.15, 0.2) is 18.9 Å². The smallest absolute Gasteiger partial charge is 0.396 e. The lowest BCUT2D eigenvalue weighted by Gasteiger charge is -2.73. The van der Waals surface area contributed by atoms with Crippen molar-refractivity contribution in [2.45, 2.75) is 210 Å². The molecule has 0 unspecified atom stereocenters. The number of aliphatic hydroxyl groups excluding tert-OH is 10. The summed E-state index contributed by atoms with van der Waals surface area (Å²) in [6, 6.07) is 0. The largest absolute Gasteiger partial charge is 0.397 e. The Morgan fingerprint density at radius 1 is 0.657 bits per heavy atom. The first-order valence-electron chi connectivity index (χ1n) is 25.1. The van der Waals surface area contributed by atoms with E-state index in [4.69, 9.17) is 33.2 Å². The van der Waals surface area contributed by atoms with E-state index in [1.165, 1.54) is 6.92 Å². The van der Waals surface area contributed by atoms with Crippen LogP contribution in [0.2, 0.25) is 0 Å². The Balaban J connectivity index is 1.03. The van der Waals surface area contributed by atoms with Crippen LogP contribution in [-0.4, -0.2) is 200 Å². The maximum absolute atomic E-state index is 12.3. The molecule has 4 aliphatic heterocycles. The summed E-state index contributed by atoms with van der Waals surface area (Å²) in [5.74, 6) is 0.0422. The number of allylic oxidation sites excluding steroid dienone is 1. The third-order valence-corrected chi connectivity index (χ3v) is 20.7. The Morgan fingerprint density at radius 3 is 1.94 bits per heavy atom. The van der Waals surface area contributed by atoms with E-state index in [0.29, 0.717) is 32.3 Å². The lowest BCUT2D eigenvalue weighted by atomic mass is 9.32. The molecule has 8 fully saturated rings. The summed E-state index contributed by atoms with van der Waals surface area (Å²) in [4.78, 5) is 0. The van der Waals surface area contributed by atoms with Crippen molar-refractivity contribution in [2.75, 3.05) is 26.4 Å². The zero-order valence-corrected chi connectivity index (χ0v) is 41.9. The second kappa shape index (κ2) is 18.3. The minimum absolute atomic E-state index is 0.0188. The molecule has 402 valence electrons. The number of rotatable bonds is 11. The van der Waals surface area contributed by atoms with E-state index in [-0.39, 0.29) is 46.0 Å². The van der Waals surface area contributed by atoms with Gasteiger partial charge in [-0.05, 0) is 86.4 Å². The van der Waals surface area contributed by atoms with Crippen molar-refractivity contribution in [2.24, 2.45) is 50.2 Å². The van der Waals surface area contributed by atoms with Gasteiger partial charge in [-0.25, -0.2) is 4.18 Å². The fourth-order valence-electron chi connectivity index (χ4n) is 16.0. The summed E-state index contributed by atoms with van der Waals surface area (Å²) in [5, 5.41) is 111. The van der Waals surface area contributed by atoms with Crippen LogP contribution >= 0.6 is 0 Å². The van der Waals surface area contributed by atoms with Crippen molar-refractivity contribution in [3.05, 3.63) is 12.2 Å². The van der Waals surface area contributed by atoms with E-state index in [2.05, 4.69) is 51.0 Å². The van der Waals surface area contributed by atoms with Gasteiger partial charge in [0.2, 0.25) is 0 Å². The molecular weight excluding hydrogens is 945 g/mol. The maximum Gasteiger partial charge on any atom is 0.397 e. The predicted molar refractivity (Wildman–Crippen MR) is 240 cm³/mol. The first-order chi connectivity index (χ1) is 32.6. The molecule has 4 heterocycles. The van der Waals surface area contributed by atoms with Crippen LogP contribution in [0.5, 0.6) is 0 Å². The molecule has 9 aliphatic rings. The summed E-state index contributed by atoms with van der Waals surface area (Å²) in [7, 11) is -5.23. The molecule has 70 heavy (non-hydrogen) atoms. The molecule has 0 amide bonds. The number of hydrogen-bond donors (Lipinski definition) is 11. The first-order valence-corrected chi connectivity index (χ1v) is 26.5. The first kappa shape index (κ1) is 53.7. The number of ether oxygens (including phenoxy) is 7. The van der Waals surface area contributed by atoms with E-state index in [0.717, 1.165) is 25.7 Å². The SMILES string of the molecule is C[C@H]1O[C@@H](O[C@H]2CC[C@@]3(C)[C@@H](CC[C@]4(C)[C@@H]3C=C[C@]35OC[C@@]6(CCC(C)(C)C[C@H]63)[C@@H](O)C[C@]54C)[C@]2(C)CO)[C@H](O[C@@H]2O[C@H](CO)[C@@H](O)[C@H](O)[C@H]2O)[C@@H](O[C@@H]2O[C@H](CO)[C@@H](OS(=O)(=O)O)[C@H](O)[C@H]2O)[C@H]1O. The summed E-state index contributed by atoms with van der Waals surface area (Å²) in [6.45, 7) is 13.5. The van der Waals surface area contributed by atoms with Crippen LogP contribution in [0.25, 0.3) is 0 Å². The average Bonchev–Trinajstić information content (AvgIpc) is 3.57. The topological polar surface area (TPSA) is 331 Å². The fraction of sp³-hybridized carbons (Fsp3) is 0.958. The van der Waals surface area contributed by atoms with Gasteiger partial charge in [0, 0.05) is 22.2 Å². The Morgan fingerprint density at radius 2 is 1.30 bits per heavy atom. The van der Waals surface area contributed by atoms with Crippen molar-refractivity contribution >= 4 is 10.4 Å². The molecule has 0 radical (unpaired) electrons. The van der Waals surface area contributed by atoms with Crippen molar-refractivity contribution < 1.29 is 101 Å². The van der Waals surface area contributed by atoms with Crippen molar-refractivity contribution in [3.63, 3.8) is 0 Å². The molecular formula is C48H78O21S. The Bertz CT molecular complexity index is 2060. The molecule has 11 N–H and O–H groups in total. The monoisotopic (exact) mass is 1020 g/mol. The molecule has 0 aromatic heterocycles. The molecule has 0 aromatic carbocycles. The van der Waals surface area contributed by atoms with Gasteiger partial charge in [0.05, 0.1) is 50.3 Å². The summed E-state index contributed by atoms with van der Waals surface area (Å²) < 4.78 is 81.3.